The van der Waals surface area contributed by atoms with Crippen LogP contribution >= 0.6 is 0 Å². The van der Waals surface area contributed by atoms with Crippen LogP contribution in [0.2, 0.25) is 0 Å². The van der Waals surface area contributed by atoms with E-state index in [4.69, 9.17) is 0 Å². The van der Waals surface area contributed by atoms with E-state index in [9.17, 15) is 14.7 Å². The van der Waals surface area contributed by atoms with Gasteiger partial charge in [-0.05, 0) is 30.7 Å². The van der Waals surface area contributed by atoms with Crippen LogP contribution in [0.3, 0.4) is 0 Å². The zero-order chi connectivity index (χ0) is 18.7. The molecule has 132 valence electrons. The molecule has 1 heterocycles. The molecule has 0 saturated heterocycles. The van der Waals surface area contributed by atoms with Crippen LogP contribution in [0, 0.1) is 0 Å². The summed E-state index contributed by atoms with van der Waals surface area (Å²) in [5.74, 6) is -1.48. The summed E-state index contributed by atoms with van der Waals surface area (Å²) in [5, 5.41) is 14.3. The Hall–Kier alpha value is -3.41. The highest BCUT2D eigenvalue weighted by molar-refractivity contribution is 5.97. The Labute approximate surface area is 150 Å². The number of methoxy groups -OCH3 is 1. The maximum absolute atomic E-state index is 11.9. The molecule has 0 aliphatic carbocycles. The first-order valence-corrected chi connectivity index (χ1v) is 8.16. The fourth-order valence-electron chi connectivity index (χ4n) is 2.87. The molecule has 3 rings (SSSR count). The SMILES string of the molecule is CCc1c(C(=O)O)c(-c2ccc(C(=O)OC)cc2)nn1-c1ccccc1. The monoisotopic (exact) mass is 350 g/mol. The number of hydrogen-bond donors (Lipinski definition) is 1. The van der Waals surface area contributed by atoms with Crippen LogP contribution in [-0.2, 0) is 11.2 Å². The minimum Gasteiger partial charge on any atom is -0.478 e. The molecule has 0 amide bonds. The molecule has 3 aromatic rings. The van der Waals surface area contributed by atoms with E-state index >= 15 is 0 Å². The van der Waals surface area contributed by atoms with Crippen molar-refractivity contribution < 1.29 is 19.4 Å². The second-order valence-electron chi connectivity index (χ2n) is 5.65. The highest BCUT2D eigenvalue weighted by atomic mass is 16.5. The number of para-hydroxylation sites is 1. The predicted molar refractivity (Wildman–Crippen MR) is 96.7 cm³/mol. The number of aromatic nitrogens is 2. The fourth-order valence-corrected chi connectivity index (χ4v) is 2.87. The summed E-state index contributed by atoms with van der Waals surface area (Å²) in [6.07, 6.45) is 0.518. The lowest BCUT2D eigenvalue weighted by Crippen LogP contribution is -2.05. The largest absolute Gasteiger partial charge is 0.478 e. The fraction of sp³-hybridized carbons (Fsp3) is 0.150. The third-order valence-electron chi connectivity index (χ3n) is 4.11. The number of carbonyl (C=O) groups is 2. The quantitative estimate of drug-likeness (QED) is 0.711. The lowest BCUT2D eigenvalue weighted by Gasteiger charge is -2.05. The lowest BCUT2D eigenvalue weighted by atomic mass is 10.0. The average molecular weight is 350 g/mol. The molecule has 6 nitrogen and oxygen atoms in total. The van der Waals surface area contributed by atoms with Gasteiger partial charge in [0.1, 0.15) is 11.3 Å². The Bertz CT molecular complexity index is 944. The first-order valence-electron chi connectivity index (χ1n) is 8.16. The molecule has 2 aromatic carbocycles. The second kappa shape index (κ2) is 7.23. The van der Waals surface area contributed by atoms with Gasteiger partial charge < -0.3 is 9.84 Å². The number of ether oxygens (including phenoxy) is 1. The highest BCUT2D eigenvalue weighted by Crippen LogP contribution is 2.28. The van der Waals surface area contributed by atoms with Gasteiger partial charge >= 0.3 is 11.9 Å². The predicted octanol–water partition coefficient (Wildman–Crippen LogP) is 3.59. The summed E-state index contributed by atoms with van der Waals surface area (Å²) in [4.78, 5) is 23.5. The van der Waals surface area contributed by atoms with Crippen molar-refractivity contribution in [2.24, 2.45) is 0 Å². The van der Waals surface area contributed by atoms with Crippen molar-refractivity contribution in [3.63, 3.8) is 0 Å². The summed E-state index contributed by atoms with van der Waals surface area (Å²) in [6, 6.07) is 15.9. The molecule has 0 spiro atoms. The molecule has 26 heavy (non-hydrogen) atoms. The van der Waals surface area contributed by atoms with Crippen molar-refractivity contribution in [3.8, 4) is 16.9 Å². The smallest absolute Gasteiger partial charge is 0.339 e. The van der Waals surface area contributed by atoms with Gasteiger partial charge in [0.2, 0.25) is 0 Å². The van der Waals surface area contributed by atoms with E-state index in [-0.39, 0.29) is 5.56 Å². The van der Waals surface area contributed by atoms with Gasteiger partial charge in [-0.2, -0.15) is 5.10 Å². The van der Waals surface area contributed by atoms with E-state index in [1.807, 2.05) is 37.3 Å². The van der Waals surface area contributed by atoms with Gasteiger partial charge in [-0.1, -0.05) is 37.3 Å². The van der Waals surface area contributed by atoms with Crippen LogP contribution in [0.1, 0.15) is 33.3 Å². The number of nitrogens with zero attached hydrogens (tertiary/aromatic N) is 2. The number of carboxylic acids is 1. The zero-order valence-electron chi connectivity index (χ0n) is 14.5. The average Bonchev–Trinajstić information content (AvgIpc) is 3.08. The molecular weight excluding hydrogens is 332 g/mol. The Kier molecular flexibility index (Phi) is 4.84. The van der Waals surface area contributed by atoms with Crippen LogP contribution in [0.4, 0.5) is 0 Å². The van der Waals surface area contributed by atoms with E-state index in [2.05, 4.69) is 9.84 Å². The summed E-state index contributed by atoms with van der Waals surface area (Å²) >= 11 is 0. The van der Waals surface area contributed by atoms with Crippen molar-refractivity contribution in [2.45, 2.75) is 13.3 Å². The van der Waals surface area contributed by atoms with Crippen molar-refractivity contribution in [2.75, 3.05) is 7.11 Å². The first kappa shape index (κ1) is 17.4. The lowest BCUT2D eigenvalue weighted by molar-refractivity contribution is 0.0599. The summed E-state index contributed by atoms with van der Waals surface area (Å²) in [5.41, 5.74) is 2.97. The van der Waals surface area contributed by atoms with E-state index < -0.39 is 11.9 Å². The molecule has 6 heteroatoms. The molecule has 0 unspecified atom stereocenters. The molecule has 0 aliphatic rings. The number of hydrogen-bond acceptors (Lipinski definition) is 4. The Morgan fingerprint density at radius 3 is 2.27 bits per heavy atom. The van der Waals surface area contributed by atoms with Crippen LogP contribution in [-0.4, -0.2) is 33.9 Å². The summed E-state index contributed by atoms with van der Waals surface area (Å²) in [6.45, 7) is 1.90. The van der Waals surface area contributed by atoms with Gasteiger partial charge in [0.15, 0.2) is 0 Å². The number of carboxylic acid groups (broad SMARTS) is 1. The Morgan fingerprint density at radius 2 is 1.73 bits per heavy atom. The van der Waals surface area contributed by atoms with Crippen molar-refractivity contribution in [1.82, 2.24) is 9.78 Å². The third-order valence-corrected chi connectivity index (χ3v) is 4.11. The van der Waals surface area contributed by atoms with E-state index in [1.54, 1.807) is 28.9 Å². The van der Waals surface area contributed by atoms with E-state index in [0.717, 1.165) is 5.69 Å². The van der Waals surface area contributed by atoms with Gasteiger partial charge in [0, 0.05) is 5.56 Å². The molecule has 0 bridgehead atoms. The second-order valence-corrected chi connectivity index (χ2v) is 5.65. The molecule has 0 fully saturated rings. The number of esters is 1. The van der Waals surface area contributed by atoms with Crippen LogP contribution in [0.5, 0.6) is 0 Å². The third kappa shape index (κ3) is 3.09. The highest BCUT2D eigenvalue weighted by Gasteiger charge is 2.24. The Morgan fingerprint density at radius 1 is 1.08 bits per heavy atom. The van der Waals surface area contributed by atoms with Crippen LogP contribution < -0.4 is 0 Å². The molecule has 0 saturated carbocycles. The molecular formula is C20H18N2O4. The molecule has 1 aromatic heterocycles. The van der Waals surface area contributed by atoms with Gasteiger partial charge in [0.05, 0.1) is 24.1 Å². The van der Waals surface area contributed by atoms with E-state index in [1.165, 1.54) is 7.11 Å². The topological polar surface area (TPSA) is 81.4 Å². The maximum atomic E-state index is 11.9. The molecule has 0 atom stereocenters. The number of rotatable bonds is 5. The minimum absolute atomic E-state index is 0.169. The standard InChI is InChI=1S/C20H18N2O4/c1-3-16-17(19(23)24)18(21-22(16)15-7-5-4-6-8-15)13-9-11-14(12-10-13)20(25)26-2/h4-12H,3H2,1-2H3,(H,23,24). The van der Waals surface area contributed by atoms with Gasteiger partial charge in [0.25, 0.3) is 0 Å². The number of aromatic carboxylic acids is 1. The minimum atomic E-state index is -1.03. The molecule has 1 N–H and O–H groups in total. The van der Waals surface area contributed by atoms with Gasteiger partial charge in [-0.3, -0.25) is 0 Å². The zero-order valence-corrected chi connectivity index (χ0v) is 14.5. The van der Waals surface area contributed by atoms with Crippen LogP contribution in [0.15, 0.2) is 54.6 Å². The summed E-state index contributed by atoms with van der Waals surface area (Å²) in [7, 11) is 1.31. The molecule has 0 radical (unpaired) electrons. The maximum Gasteiger partial charge on any atom is 0.339 e. The van der Waals surface area contributed by atoms with Crippen molar-refractivity contribution >= 4 is 11.9 Å². The van der Waals surface area contributed by atoms with Crippen molar-refractivity contribution in [3.05, 3.63) is 71.4 Å². The first-order chi connectivity index (χ1) is 12.6. The number of benzene rings is 2. The summed E-state index contributed by atoms with van der Waals surface area (Å²) < 4.78 is 6.35. The van der Waals surface area contributed by atoms with Gasteiger partial charge in [-0.25, -0.2) is 14.3 Å². The van der Waals surface area contributed by atoms with Gasteiger partial charge in [-0.15, -0.1) is 0 Å². The van der Waals surface area contributed by atoms with Crippen LogP contribution in [0.25, 0.3) is 16.9 Å². The number of carbonyl (C=O) groups excluding carboxylic acids is 1. The Balaban J connectivity index is 2.16. The normalized spacial score (nSPS) is 10.5. The molecule has 0 aliphatic heterocycles. The van der Waals surface area contributed by atoms with E-state index in [0.29, 0.717) is 28.9 Å². The van der Waals surface area contributed by atoms with Crippen molar-refractivity contribution in [1.29, 1.82) is 0 Å².